The lowest BCUT2D eigenvalue weighted by atomic mass is 10.2. The van der Waals surface area contributed by atoms with E-state index in [1.54, 1.807) is 13.3 Å². The molecule has 0 unspecified atom stereocenters. The summed E-state index contributed by atoms with van der Waals surface area (Å²) in [5, 5.41) is 10.1. The first-order valence-electron chi connectivity index (χ1n) is 7.89. The molecule has 3 rings (SSSR count). The maximum Gasteiger partial charge on any atom is 0.127 e. The maximum atomic E-state index is 10.1. The van der Waals surface area contributed by atoms with Crippen molar-refractivity contribution in [1.29, 1.82) is 0 Å². The van der Waals surface area contributed by atoms with Gasteiger partial charge < -0.3 is 19.1 Å². The third kappa shape index (κ3) is 3.39. The van der Waals surface area contributed by atoms with Crippen LogP contribution in [0.2, 0.25) is 0 Å². The van der Waals surface area contributed by atoms with E-state index in [2.05, 4.69) is 21.4 Å². The molecule has 2 aromatic rings. The highest BCUT2D eigenvalue weighted by molar-refractivity contribution is 5.38. The predicted octanol–water partition coefficient (Wildman–Crippen LogP) is 1.46. The summed E-state index contributed by atoms with van der Waals surface area (Å²) in [7, 11) is 1.66. The van der Waals surface area contributed by atoms with Gasteiger partial charge in [0.15, 0.2) is 0 Å². The Kier molecular flexibility index (Phi) is 4.95. The van der Waals surface area contributed by atoms with Gasteiger partial charge in [-0.05, 0) is 30.8 Å². The Morgan fingerprint density at radius 1 is 1.35 bits per heavy atom. The summed E-state index contributed by atoms with van der Waals surface area (Å²) >= 11 is 0. The summed E-state index contributed by atoms with van der Waals surface area (Å²) in [5.41, 5.74) is 1.04. The fraction of sp³-hybridized carbons (Fsp3) is 0.471. The van der Waals surface area contributed by atoms with Gasteiger partial charge in [0.2, 0.25) is 0 Å². The number of rotatable bonds is 6. The molecule has 1 aliphatic heterocycles. The largest absolute Gasteiger partial charge is 0.497 e. The van der Waals surface area contributed by atoms with Crippen molar-refractivity contribution < 1.29 is 14.6 Å². The van der Waals surface area contributed by atoms with E-state index in [4.69, 9.17) is 9.47 Å². The van der Waals surface area contributed by atoms with Gasteiger partial charge in [-0.15, -0.1) is 0 Å². The molecule has 0 bridgehead atoms. The maximum absolute atomic E-state index is 10.1. The Bertz CT molecular complexity index is 626. The van der Waals surface area contributed by atoms with E-state index < -0.39 is 6.10 Å². The van der Waals surface area contributed by atoms with Crippen LogP contribution >= 0.6 is 0 Å². The van der Waals surface area contributed by atoms with E-state index in [0.29, 0.717) is 19.8 Å². The van der Waals surface area contributed by atoms with Gasteiger partial charge in [0.25, 0.3) is 0 Å². The van der Waals surface area contributed by atoms with Crippen molar-refractivity contribution in [1.82, 2.24) is 14.5 Å². The molecule has 6 heteroatoms. The summed E-state index contributed by atoms with van der Waals surface area (Å²) in [6.45, 7) is 4.57. The lowest BCUT2D eigenvalue weighted by molar-refractivity contribution is 0.0791. The van der Waals surface area contributed by atoms with Crippen molar-refractivity contribution in [2.75, 3.05) is 26.9 Å². The van der Waals surface area contributed by atoms with Crippen molar-refractivity contribution in [2.24, 2.45) is 0 Å². The highest BCUT2D eigenvalue weighted by Gasteiger charge is 2.31. The molecule has 1 saturated heterocycles. The Balaban J connectivity index is 1.79. The van der Waals surface area contributed by atoms with Crippen LogP contribution in [-0.4, -0.2) is 58.6 Å². The molecule has 0 amide bonds. The SMILES string of the molecule is CCN(Cc1nccn1-c1ccc(OC)cc1)[C@@H]1COC[C@H]1O. The van der Waals surface area contributed by atoms with E-state index in [1.165, 1.54) is 0 Å². The normalized spacial score (nSPS) is 21.0. The van der Waals surface area contributed by atoms with Gasteiger partial charge in [-0.2, -0.15) is 0 Å². The first kappa shape index (κ1) is 16.0. The summed E-state index contributed by atoms with van der Waals surface area (Å²) in [6.07, 6.45) is 3.32. The number of aliphatic hydroxyl groups is 1. The van der Waals surface area contributed by atoms with E-state index in [9.17, 15) is 5.11 Å². The molecule has 124 valence electrons. The van der Waals surface area contributed by atoms with Crippen molar-refractivity contribution in [2.45, 2.75) is 25.6 Å². The monoisotopic (exact) mass is 317 g/mol. The smallest absolute Gasteiger partial charge is 0.127 e. The highest BCUT2D eigenvalue weighted by atomic mass is 16.5. The summed E-state index contributed by atoms with van der Waals surface area (Å²) in [5.74, 6) is 1.77. The van der Waals surface area contributed by atoms with Crippen LogP contribution in [0.25, 0.3) is 5.69 Å². The van der Waals surface area contributed by atoms with Crippen molar-refractivity contribution in [3.05, 3.63) is 42.5 Å². The number of hydrogen-bond acceptors (Lipinski definition) is 5. The molecule has 6 nitrogen and oxygen atoms in total. The molecule has 0 spiro atoms. The average Bonchev–Trinajstić information content (AvgIpc) is 3.21. The van der Waals surface area contributed by atoms with Crippen LogP contribution in [0.4, 0.5) is 0 Å². The Morgan fingerprint density at radius 3 is 2.74 bits per heavy atom. The predicted molar refractivity (Wildman–Crippen MR) is 86.8 cm³/mol. The molecule has 2 atom stereocenters. The first-order valence-corrected chi connectivity index (χ1v) is 7.89. The lowest BCUT2D eigenvalue weighted by Crippen LogP contribution is -2.42. The second-order valence-corrected chi connectivity index (χ2v) is 5.65. The molecular weight excluding hydrogens is 294 g/mol. The molecule has 1 aromatic heterocycles. The third-order valence-corrected chi connectivity index (χ3v) is 4.31. The number of imidazole rings is 1. The quantitative estimate of drug-likeness (QED) is 0.874. The van der Waals surface area contributed by atoms with Crippen molar-refractivity contribution in [3.63, 3.8) is 0 Å². The van der Waals surface area contributed by atoms with Crippen LogP contribution in [0, 0.1) is 0 Å². The van der Waals surface area contributed by atoms with Gasteiger partial charge in [-0.25, -0.2) is 4.98 Å². The molecule has 1 fully saturated rings. The molecule has 23 heavy (non-hydrogen) atoms. The lowest BCUT2D eigenvalue weighted by Gasteiger charge is -2.28. The van der Waals surface area contributed by atoms with Gasteiger partial charge >= 0.3 is 0 Å². The van der Waals surface area contributed by atoms with Crippen LogP contribution < -0.4 is 4.74 Å². The molecule has 1 aromatic carbocycles. The van der Waals surface area contributed by atoms with Crippen molar-refractivity contribution >= 4 is 0 Å². The number of aromatic nitrogens is 2. The Hall–Kier alpha value is -1.89. The average molecular weight is 317 g/mol. The molecular formula is C17H23N3O3. The van der Waals surface area contributed by atoms with E-state index in [1.807, 2.05) is 30.5 Å². The summed E-state index contributed by atoms with van der Waals surface area (Å²) in [4.78, 5) is 6.70. The second-order valence-electron chi connectivity index (χ2n) is 5.65. The number of benzene rings is 1. The van der Waals surface area contributed by atoms with Gasteiger partial charge in [-0.1, -0.05) is 6.92 Å². The van der Waals surface area contributed by atoms with Crippen molar-refractivity contribution in [3.8, 4) is 11.4 Å². The standard InChI is InChI=1S/C17H23N3O3/c1-3-19(15-11-23-12-16(15)21)10-17-18-8-9-20(17)13-4-6-14(22-2)7-5-13/h4-9,15-16,21H,3,10-12H2,1-2H3/t15-,16-/m1/s1. The zero-order valence-corrected chi connectivity index (χ0v) is 13.6. The number of likely N-dealkylation sites (N-methyl/N-ethyl adjacent to an activating group) is 1. The van der Waals surface area contributed by atoms with E-state index in [0.717, 1.165) is 23.8 Å². The second kappa shape index (κ2) is 7.12. The molecule has 2 heterocycles. The van der Waals surface area contributed by atoms with Crippen LogP contribution in [0.3, 0.4) is 0 Å². The zero-order chi connectivity index (χ0) is 16.2. The van der Waals surface area contributed by atoms with Gasteiger partial charge in [0.05, 0.1) is 39.0 Å². The van der Waals surface area contributed by atoms with Crippen LogP contribution in [0.15, 0.2) is 36.7 Å². The van der Waals surface area contributed by atoms with E-state index >= 15 is 0 Å². The van der Waals surface area contributed by atoms with E-state index in [-0.39, 0.29) is 6.04 Å². The zero-order valence-electron chi connectivity index (χ0n) is 13.6. The fourth-order valence-electron chi connectivity index (χ4n) is 2.95. The van der Waals surface area contributed by atoms with Gasteiger partial charge in [0.1, 0.15) is 11.6 Å². The number of hydrogen-bond donors (Lipinski definition) is 1. The molecule has 0 aliphatic carbocycles. The Labute approximate surface area is 136 Å². The van der Waals surface area contributed by atoms with Crippen LogP contribution in [0.1, 0.15) is 12.7 Å². The highest BCUT2D eigenvalue weighted by Crippen LogP contribution is 2.19. The minimum atomic E-state index is -0.431. The number of nitrogens with zero attached hydrogens (tertiary/aromatic N) is 3. The topological polar surface area (TPSA) is 59.8 Å². The molecule has 0 radical (unpaired) electrons. The minimum absolute atomic E-state index is 0.0287. The first-order chi connectivity index (χ1) is 11.2. The van der Waals surface area contributed by atoms with Crippen LogP contribution in [-0.2, 0) is 11.3 Å². The number of ether oxygens (including phenoxy) is 2. The summed E-state index contributed by atoms with van der Waals surface area (Å²) < 4.78 is 12.6. The number of aliphatic hydroxyl groups excluding tert-OH is 1. The fourth-order valence-corrected chi connectivity index (χ4v) is 2.95. The van der Waals surface area contributed by atoms with Crippen LogP contribution in [0.5, 0.6) is 5.75 Å². The molecule has 0 saturated carbocycles. The third-order valence-electron chi connectivity index (χ3n) is 4.31. The molecule has 1 aliphatic rings. The Morgan fingerprint density at radius 2 is 2.13 bits per heavy atom. The number of methoxy groups -OCH3 is 1. The van der Waals surface area contributed by atoms with Gasteiger partial charge in [-0.3, -0.25) is 4.90 Å². The minimum Gasteiger partial charge on any atom is -0.497 e. The van der Waals surface area contributed by atoms with Gasteiger partial charge in [0, 0.05) is 18.1 Å². The summed E-state index contributed by atoms with van der Waals surface area (Å²) in [6, 6.07) is 7.92. The molecule has 1 N–H and O–H groups in total.